The molecule has 1 aromatic carbocycles. The van der Waals surface area contributed by atoms with Crippen LogP contribution in [0.2, 0.25) is 5.02 Å². The molecule has 1 aliphatic rings. The van der Waals surface area contributed by atoms with Crippen LogP contribution in [0.25, 0.3) is 0 Å². The number of halogens is 1. The van der Waals surface area contributed by atoms with Crippen LogP contribution in [0.4, 0.5) is 0 Å². The van der Waals surface area contributed by atoms with Crippen LogP contribution < -0.4 is 10.1 Å². The van der Waals surface area contributed by atoms with Crippen LogP contribution in [0.5, 0.6) is 5.75 Å². The van der Waals surface area contributed by atoms with E-state index in [0.29, 0.717) is 6.61 Å². The number of hydrogen-bond donors (Lipinski definition) is 1. The van der Waals surface area contributed by atoms with Crippen molar-refractivity contribution in [2.45, 2.75) is 32.4 Å². The average molecular weight is 227 g/mol. The van der Waals surface area contributed by atoms with Crippen LogP contribution >= 0.6 is 11.6 Å². The van der Waals surface area contributed by atoms with Gasteiger partial charge in [-0.1, -0.05) is 11.6 Å². The molecule has 82 valence electrons. The van der Waals surface area contributed by atoms with Gasteiger partial charge < -0.3 is 10.1 Å². The molecule has 2 rings (SSSR count). The lowest BCUT2D eigenvalue weighted by Gasteiger charge is -2.09. The first-order valence-electron chi connectivity index (χ1n) is 5.54. The monoisotopic (exact) mass is 226 g/mol. The van der Waals surface area contributed by atoms with E-state index in [1.165, 1.54) is 18.4 Å². The predicted octanol–water partition coefficient (Wildman–Crippen LogP) is 1.96. The van der Waals surface area contributed by atoms with E-state index < -0.39 is 0 Å². The minimum Gasteiger partial charge on any atom is -0.493 e. The lowest BCUT2D eigenvalue weighted by atomic mass is 10.2. The highest BCUT2D eigenvalue weighted by Crippen LogP contribution is 2.22. The zero-order chi connectivity index (χ0) is 10.7. The van der Waals surface area contributed by atoms with Gasteiger partial charge in [0.2, 0.25) is 0 Å². The SMILES string of the molecule is CCOc1ccc(Cl)cc1C[NH2+]C1CC1. The summed E-state index contributed by atoms with van der Waals surface area (Å²) in [5.41, 5.74) is 1.20. The molecule has 0 bridgehead atoms. The number of nitrogens with two attached hydrogens (primary N) is 1. The third kappa shape index (κ3) is 3.11. The molecule has 0 atom stereocenters. The number of hydrogen-bond acceptors (Lipinski definition) is 1. The third-order valence-corrected chi connectivity index (χ3v) is 2.85. The highest BCUT2D eigenvalue weighted by molar-refractivity contribution is 6.30. The molecule has 1 aromatic rings. The first-order valence-corrected chi connectivity index (χ1v) is 5.92. The first-order chi connectivity index (χ1) is 7.29. The van der Waals surface area contributed by atoms with Gasteiger partial charge in [-0.3, -0.25) is 0 Å². The van der Waals surface area contributed by atoms with E-state index in [2.05, 4.69) is 5.32 Å². The van der Waals surface area contributed by atoms with Crippen LogP contribution in [-0.4, -0.2) is 12.6 Å². The molecule has 2 nitrogen and oxygen atoms in total. The smallest absolute Gasteiger partial charge is 0.128 e. The Hall–Kier alpha value is -0.730. The molecule has 0 aromatic heterocycles. The number of benzene rings is 1. The maximum atomic E-state index is 5.98. The molecule has 0 heterocycles. The summed E-state index contributed by atoms with van der Waals surface area (Å²) in [5.74, 6) is 0.971. The van der Waals surface area contributed by atoms with E-state index in [-0.39, 0.29) is 0 Å². The van der Waals surface area contributed by atoms with Crippen LogP contribution in [0, 0.1) is 0 Å². The Bertz CT molecular complexity index is 336. The van der Waals surface area contributed by atoms with Gasteiger partial charge in [0, 0.05) is 23.4 Å². The Morgan fingerprint density at radius 3 is 2.93 bits per heavy atom. The predicted molar refractivity (Wildman–Crippen MR) is 61.3 cm³/mol. The van der Waals surface area contributed by atoms with Crippen molar-refractivity contribution in [2.24, 2.45) is 0 Å². The second-order valence-electron chi connectivity index (χ2n) is 3.96. The molecule has 0 amide bonds. The Morgan fingerprint density at radius 1 is 1.47 bits per heavy atom. The standard InChI is InChI=1S/C12H16ClNO/c1-2-15-12-6-3-10(13)7-9(12)8-14-11-4-5-11/h3,6-7,11,14H,2,4-5,8H2,1H3/p+1. The van der Waals surface area contributed by atoms with Gasteiger partial charge in [-0.05, 0) is 25.1 Å². The Labute approximate surface area is 95.6 Å². The second-order valence-corrected chi connectivity index (χ2v) is 4.40. The summed E-state index contributed by atoms with van der Waals surface area (Å²) in [4.78, 5) is 0. The van der Waals surface area contributed by atoms with E-state index >= 15 is 0 Å². The molecule has 1 saturated carbocycles. The molecular formula is C12H17ClNO+. The minimum absolute atomic E-state index is 0.706. The molecule has 3 heteroatoms. The Balaban J connectivity index is 2.05. The van der Waals surface area contributed by atoms with Crippen molar-refractivity contribution in [3.63, 3.8) is 0 Å². The highest BCUT2D eigenvalue weighted by Gasteiger charge is 2.25. The second kappa shape index (κ2) is 4.86. The molecule has 0 saturated heterocycles. The van der Waals surface area contributed by atoms with Gasteiger partial charge in [0.15, 0.2) is 0 Å². The lowest BCUT2D eigenvalue weighted by molar-refractivity contribution is -0.683. The maximum absolute atomic E-state index is 5.98. The lowest BCUT2D eigenvalue weighted by Crippen LogP contribution is -2.84. The third-order valence-electron chi connectivity index (χ3n) is 2.62. The zero-order valence-corrected chi connectivity index (χ0v) is 9.76. The number of quaternary nitrogens is 1. The summed E-state index contributed by atoms with van der Waals surface area (Å²) in [6, 6.07) is 6.68. The summed E-state index contributed by atoms with van der Waals surface area (Å²) in [5, 5.41) is 3.16. The minimum atomic E-state index is 0.706. The van der Waals surface area contributed by atoms with E-state index in [0.717, 1.165) is 23.4 Å². The fraction of sp³-hybridized carbons (Fsp3) is 0.500. The van der Waals surface area contributed by atoms with Gasteiger partial charge in [-0.2, -0.15) is 0 Å². The van der Waals surface area contributed by atoms with Crippen molar-refractivity contribution in [3.05, 3.63) is 28.8 Å². The molecule has 1 aliphatic carbocycles. The molecule has 15 heavy (non-hydrogen) atoms. The van der Waals surface area contributed by atoms with E-state index in [1.54, 1.807) is 0 Å². The van der Waals surface area contributed by atoms with Crippen LogP contribution in [0.1, 0.15) is 25.3 Å². The van der Waals surface area contributed by atoms with Crippen molar-refractivity contribution < 1.29 is 10.1 Å². The van der Waals surface area contributed by atoms with E-state index in [9.17, 15) is 0 Å². The normalized spacial score (nSPS) is 15.3. The fourth-order valence-electron chi connectivity index (χ4n) is 1.63. The first kappa shape index (κ1) is 10.8. The molecule has 0 aliphatic heterocycles. The molecular weight excluding hydrogens is 210 g/mol. The summed E-state index contributed by atoms with van der Waals surface area (Å²) in [7, 11) is 0. The zero-order valence-electron chi connectivity index (χ0n) is 9.00. The van der Waals surface area contributed by atoms with Crippen molar-refractivity contribution in [2.75, 3.05) is 6.61 Å². The van der Waals surface area contributed by atoms with Crippen molar-refractivity contribution in [3.8, 4) is 5.75 Å². The Kier molecular flexibility index (Phi) is 3.49. The van der Waals surface area contributed by atoms with E-state index in [4.69, 9.17) is 16.3 Å². The summed E-state index contributed by atoms with van der Waals surface area (Å²) in [6.45, 7) is 3.68. The van der Waals surface area contributed by atoms with Crippen LogP contribution in [0.15, 0.2) is 18.2 Å². The van der Waals surface area contributed by atoms with E-state index in [1.807, 2.05) is 25.1 Å². The van der Waals surface area contributed by atoms with Crippen molar-refractivity contribution in [1.29, 1.82) is 0 Å². The van der Waals surface area contributed by atoms with Gasteiger partial charge in [-0.15, -0.1) is 0 Å². The fourth-order valence-corrected chi connectivity index (χ4v) is 1.82. The molecule has 1 fully saturated rings. The molecule has 0 unspecified atom stereocenters. The summed E-state index contributed by atoms with van der Waals surface area (Å²) in [6.07, 6.45) is 2.70. The molecule has 0 radical (unpaired) electrons. The van der Waals surface area contributed by atoms with Gasteiger partial charge >= 0.3 is 0 Å². The Morgan fingerprint density at radius 2 is 2.27 bits per heavy atom. The van der Waals surface area contributed by atoms with Crippen molar-refractivity contribution in [1.82, 2.24) is 0 Å². The highest BCUT2D eigenvalue weighted by atomic mass is 35.5. The van der Waals surface area contributed by atoms with Crippen molar-refractivity contribution >= 4 is 11.6 Å². The van der Waals surface area contributed by atoms with Gasteiger partial charge in [0.05, 0.1) is 12.6 Å². The quantitative estimate of drug-likeness (QED) is 0.816. The maximum Gasteiger partial charge on any atom is 0.128 e. The summed E-state index contributed by atoms with van der Waals surface area (Å²) >= 11 is 5.98. The largest absolute Gasteiger partial charge is 0.493 e. The topological polar surface area (TPSA) is 25.8 Å². The van der Waals surface area contributed by atoms with Gasteiger partial charge in [-0.25, -0.2) is 0 Å². The molecule has 0 spiro atoms. The van der Waals surface area contributed by atoms with Crippen LogP contribution in [-0.2, 0) is 6.54 Å². The summed E-state index contributed by atoms with van der Waals surface area (Å²) < 4.78 is 5.57. The van der Waals surface area contributed by atoms with Crippen LogP contribution in [0.3, 0.4) is 0 Å². The molecule has 2 N–H and O–H groups in total. The van der Waals surface area contributed by atoms with Gasteiger partial charge in [0.25, 0.3) is 0 Å². The number of rotatable bonds is 5. The average Bonchev–Trinajstić information content (AvgIpc) is 3.02. The number of ether oxygens (including phenoxy) is 1. The van der Waals surface area contributed by atoms with Gasteiger partial charge in [0.1, 0.15) is 12.3 Å².